The van der Waals surface area contributed by atoms with Gasteiger partial charge in [0.1, 0.15) is 0 Å². The minimum Gasteiger partial charge on any atom is -0.368 e. The predicted octanol–water partition coefficient (Wildman–Crippen LogP) is 3.18. The molecule has 2 saturated heterocycles. The van der Waals surface area contributed by atoms with Crippen LogP contribution in [0, 0.1) is 0 Å². The fraction of sp³-hybridized carbons (Fsp3) is 0.476. The van der Waals surface area contributed by atoms with Crippen molar-refractivity contribution in [3.05, 3.63) is 41.2 Å². The summed E-state index contributed by atoms with van der Waals surface area (Å²) >= 11 is 6.04. The fourth-order valence-corrected chi connectivity index (χ4v) is 4.36. The van der Waals surface area contributed by atoms with Crippen LogP contribution in [-0.2, 0) is 4.79 Å². The minimum absolute atomic E-state index is 0.159. The zero-order chi connectivity index (χ0) is 19.5. The number of piperidine rings is 1. The Morgan fingerprint density at radius 1 is 1.14 bits per heavy atom. The zero-order valence-electron chi connectivity index (χ0n) is 16.0. The number of carbonyl (C=O) groups excluding carboxylic acids is 1. The van der Waals surface area contributed by atoms with Crippen LogP contribution in [0.5, 0.6) is 0 Å². The number of carbonyl (C=O) groups is 1. The second-order valence-corrected chi connectivity index (χ2v) is 8.13. The van der Waals surface area contributed by atoms with E-state index >= 15 is 0 Å². The Bertz CT molecular complexity index is 835. The quantitative estimate of drug-likeness (QED) is 0.854. The van der Waals surface area contributed by atoms with Gasteiger partial charge in [0.15, 0.2) is 0 Å². The van der Waals surface area contributed by atoms with E-state index in [4.69, 9.17) is 17.3 Å². The maximum atomic E-state index is 12.8. The number of nitrogens with zero attached hydrogens (tertiary/aromatic N) is 4. The topological polar surface area (TPSA) is 75.3 Å². The lowest BCUT2D eigenvalue weighted by atomic mass is 9.90. The molecule has 2 fully saturated rings. The molecule has 1 aromatic carbocycles. The Labute approximate surface area is 170 Å². The number of benzene rings is 1. The van der Waals surface area contributed by atoms with Crippen LogP contribution in [0.15, 0.2) is 30.5 Å². The number of anilines is 1. The van der Waals surface area contributed by atoms with Crippen molar-refractivity contribution in [1.29, 1.82) is 0 Å². The molecule has 0 spiro atoms. The number of hydrogen-bond donors (Lipinski definition) is 1. The number of likely N-dealkylation sites (tertiary alicyclic amines) is 2. The Balaban J connectivity index is 1.55. The molecule has 0 bridgehead atoms. The molecule has 148 valence electrons. The molecule has 0 radical (unpaired) electrons. The Hall–Kier alpha value is -2.18. The Kier molecular flexibility index (Phi) is 5.78. The highest BCUT2D eigenvalue weighted by Crippen LogP contribution is 2.33. The second-order valence-electron chi connectivity index (χ2n) is 7.70. The van der Waals surface area contributed by atoms with Crippen LogP contribution in [0.3, 0.4) is 0 Å². The molecule has 28 heavy (non-hydrogen) atoms. The van der Waals surface area contributed by atoms with Crippen molar-refractivity contribution >= 4 is 23.5 Å². The minimum atomic E-state index is 0.159. The number of nitrogens with two attached hydrogens (primary N) is 1. The standard InChI is InChI=1S/C21H26ClN5O/c22-17-7-5-15(6-8-17)18-12-24-21(23)25-20(18)16-4-3-11-27(13-16)19(28)14-26-9-1-2-10-26/h5-8,12,16H,1-4,9-11,13-14H2,(H2,23,24,25). The SMILES string of the molecule is Nc1ncc(-c2ccc(Cl)cc2)c(C2CCCN(C(=O)CN3CCCC3)C2)n1. The summed E-state index contributed by atoms with van der Waals surface area (Å²) in [5.74, 6) is 0.655. The lowest BCUT2D eigenvalue weighted by Gasteiger charge is -2.34. The Morgan fingerprint density at radius 3 is 2.64 bits per heavy atom. The van der Waals surface area contributed by atoms with E-state index in [9.17, 15) is 4.79 Å². The van der Waals surface area contributed by atoms with Gasteiger partial charge >= 0.3 is 0 Å². The molecule has 2 N–H and O–H groups in total. The van der Waals surface area contributed by atoms with Crippen LogP contribution < -0.4 is 5.73 Å². The molecule has 0 saturated carbocycles. The summed E-state index contributed by atoms with van der Waals surface area (Å²) < 4.78 is 0. The van der Waals surface area contributed by atoms with Gasteiger partial charge in [-0.05, 0) is 56.5 Å². The molecule has 0 aliphatic carbocycles. The molecule has 1 amide bonds. The number of nitrogen functional groups attached to an aromatic ring is 1. The first-order valence-corrected chi connectivity index (χ1v) is 10.4. The summed E-state index contributed by atoms with van der Waals surface area (Å²) in [4.78, 5) is 25.8. The lowest BCUT2D eigenvalue weighted by molar-refractivity contribution is -0.133. The van der Waals surface area contributed by atoms with Crippen molar-refractivity contribution in [2.45, 2.75) is 31.6 Å². The van der Waals surface area contributed by atoms with Crippen LogP contribution in [-0.4, -0.2) is 58.4 Å². The number of amides is 1. The summed E-state index contributed by atoms with van der Waals surface area (Å²) in [5, 5.41) is 0.693. The van der Waals surface area contributed by atoms with E-state index in [-0.39, 0.29) is 17.8 Å². The third-order valence-corrected chi connectivity index (χ3v) is 5.96. The average molecular weight is 400 g/mol. The molecule has 6 nitrogen and oxygen atoms in total. The van der Waals surface area contributed by atoms with E-state index in [1.807, 2.05) is 29.2 Å². The van der Waals surface area contributed by atoms with E-state index in [2.05, 4.69) is 14.9 Å². The van der Waals surface area contributed by atoms with Crippen LogP contribution >= 0.6 is 11.6 Å². The molecule has 1 atom stereocenters. The molecule has 2 aliphatic rings. The Morgan fingerprint density at radius 2 is 1.89 bits per heavy atom. The van der Waals surface area contributed by atoms with Crippen LogP contribution in [0.4, 0.5) is 5.95 Å². The first-order valence-electron chi connectivity index (χ1n) is 9.98. The number of aromatic nitrogens is 2. The number of rotatable bonds is 4. The highest BCUT2D eigenvalue weighted by molar-refractivity contribution is 6.30. The van der Waals surface area contributed by atoms with E-state index in [1.54, 1.807) is 6.20 Å². The van der Waals surface area contributed by atoms with Gasteiger partial charge in [-0.3, -0.25) is 9.69 Å². The van der Waals surface area contributed by atoms with Gasteiger partial charge < -0.3 is 10.6 Å². The smallest absolute Gasteiger partial charge is 0.236 e. The molecule has 1 aromatic heterocycles. The van der Waals surface area contributed by atoms with Crippen molar-refractivity contribution in [3.63, 3.8) is 0 Å². The number of hydrogen-bond acceptors (Lipinski definition) is 5. The molecule has 2 aromatic rings. The van der Waals surface area contributed by atoms with Gasteiger partial charge in [0.25, 0.3) is 0 Å². The lowest BCUT2D eigenvalue weighted by Crippen LogP contribution is -2.44. The maximum Gasteiger partial charge on any atom is 0.236 e. The van der Waals surface area contributed by atoms with Crippen LogP contribution in [0.1, 0.15) is 37.3 Å². The summed E-state index contributed by atoms with van der Waals surface area (Å²) in [6.07, 6.45) is 6.14. The highest BCUT2D eigenvalue weighted by atomic mass is 35.5. The van der Waals surface area contributed by atoms with E-state index in [0.29, 0.717) is 18.1 Å². The third kappa shape index (κ3) is 4.28. The second kappa shape index (κ2) is 8.45. The van der Waals surface area contributed by atoms with Gasteiger partial charge in [-0.15, -0.1) is 0 Å². The fourth-order valence-electron chi connectivity index (χ4n) is 4.23. The molecule has 2 aliphatic heterocycles. The van der Waals surface area contributed by atoms with Crippen LogP contribution in [0.2, 0.25) is 5.02 Å². The molecule has 4 rings (SSSR count). The van der Waals surface area contributed by atoms with Crippen molar-refractivity contribution < 1.29 is 4.79 Å². The molecular formula is C21H26ClN5O. The molecular weight excluding hydrogens is 374 g/mol. The monoisotopic (exact) mass is 399 g/mol. The van der Waals surface area contributed by atoms with Gasteiger partial charge in [-0.1, -0.05) is 23.7 Å². The normalized spacial score (nSPS) is 20.5. The van der Waals surface area contributed by atoms with E-state index < -0.39 is 0 Å². The molecule has 3 heterocycles. The predicted molar refractivity (Wildman–Crippen MR) is 111 cm³/mol. The summed E-state index contributed by atoms with van der Waals surface area (Å²) in [7, 11) is 0. The third-order valence-electron chi connectivity index (χ3n) is 5.71. The van der Waals surface area contributed by atoms with Gasteiger partial charge in [0.05, 0.1) is 12.2 Å². The van der Waals surface area contributed by atoms with E-state index in [0.717, 1.165) is 49.3 Å². The van der Waals surface area contributed by atoms with Crippen molar-refractivity contribution in [1.82, 2.24) is 19.8 Å². The average Bonchev–Trinajstić information content (AvgIpc) is 3.22. The summed E-state index contributed by atoms with van der Waals surface area (Å²) in [6, 6.07) is 7.67. The summed E-state index contributed by atoms with van der Waals surface area (Å²) in [5.41, 5.74) is 8.81. The summed E-state index contributed by atoms with van der Waals surface area (Å²) in [6.45, 7) is 4.10. The highest BCUT2D eigenvalue weighted by Gasteiger charge is 2.29. The van der Waals surface area contributed by atoms with Crippen molar-refractivity contribution in [2.75, 3.05) is 38.5 Å². The van der Waals surface area contributed by atoms with Crippen molar-refractivity contribution in [2.24, 2.45) is 0 Å². The van der Waals surface area contributed by atoms with E-state index in [1.165, 1.54) is 12.8 Å². The zero-order valence-corrected chi connectivity index (χ0v) is 16.7. The van der Waals surface area contributed by atoms with Crippen molar-refractivity contribution in [3.8, 4) is 11.1 Å². The number of halogens is 1. The van der Waals surface area contributed by atoms with Gasteiger partial charge in [-0.25, -0.2) is 9.97 Å². The maximum absolute atomic E-state index is 12.8. The largest absolute Gasteiger partial charge is 0.368 e. The van der Waals surface area contributed by atoms with Crippen LogP contribution in [0.25, 0.3) is 11.1 Å². The molecule has 1 unspecified atom stereocenters. The molecule has 7 heteroatoms. The first kappa shape index (κ1) is 19.2. The van der Waals surface area contributed by atoms with Gasteiger partial charge in [0, 0.05) is 35.8 Å². The van der Waals surface area contributed by atoms with Gasteiger partial charge in [0.2, 0.25) is 11.9 Å². The first-order chi connectivity index (χ1) is 13.6. The van der Waals surface area contributed by atoms with Gasteiger partial charge in [-0.2, -0.15) is 0 Å².